The van der Waals surface area contributed by atoms with Gasteiger partial charge in [0.05, 0.1) is 6.61 Å². The number of carbonyl (C=O) groups excluding carboxylic acids is 3. The van der Waals surface area contributed by atoms with E-state index in [0.29, 0.717) is 6.54 Å². The number of carboxylic acids is 2. The predicted octanol–water partition coefficient (Wildman–Crippen LogP) is 3.46. The summed E-state index contributed by atoms with van der Waals surface area (Å²) in [6.07, 6.45) is 10.3. The third-order valence-corrected chi connectivity index (χ3v) is 7.30. The molecule has 0 heterocycles. The van der Waals surface area contributed by atoms with Gasteiger partial charge in [0.1, 0.15) is 24.2 Å². The maximum atomic E-state index is 13.2. The minimum Gasteiger partial charge on any atom is -0.480 e. The summed E-state index contributed by atoms with van der Waals surface area (Å²) in [6, 6.07) is -4.60. The van der Waals surface area contributed by atoms with Crippen molar-refractivity contribution >= 4 is 29.7 Å². The summed E-state index contributed by atoms with van der Waals surface area (Å²) in [4.78, 5) is 61.8. The van der Waals surface area contributed by atoms with Crippen LogP contribution in [0.5, 0.6) is 0 Å². The van der Waals surface area contributed by atoms with Crippen molar-refractivity contribution in [3.05, 3.63) is 34.9 Å². The van der Waals surface area contributed by atoms with Crippen molar-refractivity contribution in [2.45, 2.75) is 125 Å². The number of rotatable bonds is 23. The lowest BCUT2D eigenvalue weighted by atomic mass is 9.99. The summed E-state index contributed by atoms with van der Waals surface area (Å²) < 4.78 is 0. The molecule has 0 saturated carbocycles. The van der Waals surface area contributed by atoms with E-state index in [1.165, 1.54) is 11.1 Å². The number of aliphatic hydroxyl groups is 1. The Morgan fingerprint density at radius 1 is 0.674 bits per heavy atom. The van der Waals surface area contributed by atoms with Crippen LogP contribution in [0.3, 0.4) is 0 Å². The highest BCUT2D eigenvalue weighted by Crippen LogP contribution is 2.12. The van der Waals surface area contributed by atoms with Gasteiger partial charge < -0.3 is 36.6 Å². The molecule has 0 fully saturated rings. The van der Waals surface area contributed by atoms with Gasteiger partial charge in [-0.15, -0.1) is 0 Å². The maximum absolute atomic E-state index is 13.2. The van der Waals surface area contributed by atoms with Crippen molar-refractivity contribution in [1.29, 1.82) is 0 Å². The number of carbonyl (C=O) groups is 5. The summed E-state index contributed by atoms with van der Waals surface area (Å²) >= 11 is 0. The largest absolute Gasteiger partial charge is 0.480 e. The molecule has 0 aromatic heterocycles. The highest BCUT2D eigenvalue weighted by atomic mass is 16.4. The number of allylic oxidation sites excluding steroid dienone is 5. The van der Waals surface area contributed by atoms with Crippen LogP contribution in [0, 0.1) is 11.8 Å². The topological polar surface area (TPSA) is 194 Å². The fourth-order valence-corrected chi connectivity index (χ4v) is 4.51. The van der Waals surface area contributed by atoms with Crippen molar-refractivity contribution in [1.82, 2.24) is 21.3 Å². The van der Waals surface area contributed by atoms with E-state index >= 15 is 0 Å². The van der Waals surface area contributed by atoms with E-state index < -0.39 is 60.4 Å². The number of amides is 3. The number of aliphatic hydroxyl groups excluding tert-OH is 1. The van der Waals surface area contributed by atoms with E-state index in [1.54, 1.807) is 13.8 Å². The van der Waals surface area contributed by atoms with E-state index in [2.05, 4.69) is 54.2 Å². The van der Waals surface area contributed by atoms with E-state index in [0.717, 1.165) is 31.3 Å². The van der Waals surface area contributed by atoms with Crippen molar-refractivity contribution in [3.8, 4) is 0 Å². The first-order valence-corrected chi connectivity index (χ1v) is 16.1. The Bertz CT molecular complexity index is 1090. The monoisotopic (exact) mass is 650 g/mol. The van der Waals surface area contributed by atoms with Crippen molar-refractivity contribution in [2.24, 2.45) is 11.8 Å². The molecule has 262 valence electrons. The third-order valence-electron chi connectivity index (χ3n) is 7.30. The SMILES string of the molecule is CC(C)=CCC/C(C)=C/CC/C(C)=C/CN[C@H](CCC(=O)N[C@H](C(=O)N[C@@H](CC(C)C)C(=O)N[C@@H](CO)C(=O)O)C(C)C)C(=O)O. The third kappa shape index (κ3) is 19.1. The van der Waals surface area contributed by atoms with Gasteiger partial charge in [-0.05, 0) is 78.1 Å². The summed E-state index contributed by atoms with van der Waals surface area (Å²) in [5, 5.41) is 38.5. The number of hydrogen-bond acceptors (Lipinski definition) is 7. The average molecular weight is 651 g/mol. The van der Waals surface area contributed by atoms with Gasteiger partial charge in [0.25, 0.3) is 0 Å². The van der Waals surface area contributed by atoms with Gasteiger partial charge in [-0.3, -0.25) is 19.2 Å². The average Bonchev–Trinajstić information content (AvgIpc) is 2.94. The van der Waals surface area contributed by atoms with Gasteiger partial charge in [0.2, 0.25) is 17.7 Å². The van der Waals surface area contributed by atoms with Gasteiger partial charge in [-0.2, -0.15) is 0 Å². The molecule has 4 atom stereocenters. The van der Waals surface area contributed by atoms with Gasteiger partial charge in [0, 0.05) is 13.0 Å². The zero-order valence-electron chi connectivity index (χ0n) is 28.9. The van der Waals surface area contributed by atoms with Crippen LogP contribution in [0.4, 0.5) is 0 Å². The van der Waals surface area contributed by atoms with E-state index in [-0.39, 0.29) is 31.1 Å². The predicted molar refractivity (Wildman–Crippen MR) is 179 cm³/mol. The smallest absolute Gasteiger partial charge is 0.328 e. The molecular weight excluding hydrogens is 592 g/mol. The van der Waals surface area contributed by atoms with Crippen LogP contribution >= 0.6 is 0 Å². The van der Waals surface area contributed by atoms with Gasteiger partial charge in [-0.25, -0.2) is 4.79 Å². The first kappa shape index (κ1) is 42.5. The molecule has 0 aromatic carbocycles. The van der Waals surface area contributed by atoms with Gasteiger partial charge in [0.15, 0.2) is 0 Å². The summed E-state index contributed by atoms with van der Waals surface area (Å²) in [7, 11) is 0. The zero-order chi connectivity index (χ0) is 35.4. The van der Waals surface area contributed by atoms with E-state index in [1.807, 2.05) is 26.8 Å². The van der Waals surface area contributed by atoms with Crippen molar-refractivity contribution in [3.63, 3.8) is 0 Å². The Kier molecular flexibility index (Phi) is 21.2. The lowest BCUT2D eigenvalue weighted by molar-refractivity contribution is -0.143. The minimum absolute atomic E-state index is 0.00419. The molecule has 46 heavy (non-hydrogen) atoms. The molecule has 0 aliphatic carbocycles. The standard InChI is InChI=1S/C34H58N4O8/c1-21(2)11-9-12-24(7)13-10-14-25(8)17-18-35-26(33(43)44)15-16-29(40)38-30(23(5)6)32(42)36-27(19-22(3)4)31(41)37-28(20-39)34(45)46/h11,13,17,22-23,26-28,30,35,39H,9-10,12,14-16,18-20H2,1-8H3,(H,36,42)(H,37,41)(H,38,40)(H,43,44)(H,45,46)/b24-13+,25-17+/t26-,27+,28+,30+/m1/s1. The normalized spacial score (nSPS) is 14.7. The fraction of sp³-hybridized carbons (Fsp3) is 0.676. The lowest BCUT2D eigenvalue weighted by Gasteiger charge is -2.27. The van der Waals surface area contributed by atoms with Crippen LogP contribution in [0.2, 0.25) is 0 Å². The Labute approximate surface area is 274 Å². The highest BCUT2D eigenvalue weighted by Gasteiger charge is 2.31. The second-order valence-electron chi connectivity index (χ2n) is 12.9. The minimum atomic E-state index is -1.52. The molecule has 0 radical (unpaired) electrons. The molecule has 0 spiro atoms. The molecule has 3 amide bonds. The maximum Gasteiger partial charge on any atom is 0.328 e. The lowest BCUT2D eigenvalue weighted by Crippen LogP contribution is -2.57. The zero-order valence-corrected chi connectivity index (χ0v) is 28.9. The molecule has 0 aliphatic heterocycles. The quantitative estimate of drug-likeness (QED) is 0.0811. The van der Waals surface area contributed by atoms with Crippen LogP contribution < -0.4 is 21.3 Å². The second kappa shape index (κ2) is 22.9. The summed E-state index contributed by atoms with van der Waals surface area (Å²) in [5.74, 6) is -4.82. The number of hydrogen-bond donors (Lipinski definition) is 7. The molecule has 0 aliphatic rings. The van der Waals surface area contributed by atoms with E-state index in [9.17, 15) is 34.2 Å². The van der Waals surface area contributed by atoms with Crippen molar-refractivity contribution in [2.75, 3.05) is 13.2 Å². The van der Waals surface area contributed by atoms with Crippen LogP contribution in [0.15, 0.2) is 34.9 Å². The fourth-order valence-electron chi connectivity index (χ4n) is 4.51. The summed E-state index contributed by atoms with van der Waals surface area (Å²) in [5.41, 5.74) is 3.79. The molecule has 0 rings (SSSR count). The van der Waals surface area contributed by atoms with E-state index in [4.69, 9.17) is 5.11 Å². The Morgan fingerprint density at radius 2 is 1.22 bits per heavy atom. The Balaban J connectivity index is 5.10. The summed E-state index contributed by atoms with van der Waals surface area (Å²) in [6.45, 7) is 14.9. The molecule has 12 heteroatoms. The second-order valence-corrected chi connectivity index (χ2v) is 12.9. The number of aliphatic carboxylic acids is 2. The van der Waals surface area contributed by atoms with Crippen LogP contribution in [0.1, 0.15) is 100 Å². The molecule has 0 aromatic rings. The number of carboxylic acid groups (broad SMARTS) is 2. The molecule has 12 nitrogen and oxygen atoms in total. The van der Waals surface area contributed by atoms with Crippen LogP contribution in [-0.4, -0.2) is 82.3 Å². The molecule has 0 unspecified atom stereocenters. The van der Waals surface area contributed by atoms with Crippen LogP contribution in [0.25, 0.3) is 0 Å². The highest BCUT2D eigenvalue weighted by molar-refractivity contribution is 5.93. The molecule has 0 bridgehead atoms. The molecular formula is C34H58N4O8. The first-order valence-electron chi connectivity index (χ1n) is 16.1. The van der Waals surface area contributed by atoms with Gasteiger partial charge in [-0.1, -0.05) is 62.6 Å². The first-order chi connectivity index (χ1) is 21.5. The van der Waals surface area contributed by atoms with Crippen LogP contribution in [-0.2, 0) is 24.0 Å². The Morgan fingerprint density at radius 3 is 1.72 bits per heavy atom. The van der Waals surface area contributed by atoms with Gasteiger partial charge >= 0.3 is 11.9 Å². The number of nitrogens with one attached hydrogen (secondary N) is 4. The Hall–Kier alpha value is -3.51. The van der Waals surface area contributed by atoms with Crippen molar-refractivity contribution < 1.29 is 39.3 Å². The molecule has 7 N–H and O–H groups in total. The molecule has 0 saturated heterocycles.